The first-order valence-electron chi connectivity index (χ1n) is 8.93. The van der Waals surface area contributed by atoms with Crippen LogP contribution in [0, 0.1) is 12.8 Å². The van der Waals surface area contributed by atoms with E-state index in [1.54, 1.807) is 17.0 Å². The lowest BCUT2D eigenvalue weighted by molar-refractivity contribution is -0.144. The minimum Gasteiger partial charge on any atom is -0.334 e. The third-order valence-corrected chi connectivity index (χ3v) is 5.15. The number of amides is 2. The summed E-state index contributed by atoms with van der Waals surface area (Å²) in [5.74, 6) is -0.515. The van der Waals surface area contributed by atoms with Crippen molar-refractivity contribution in [3.05, 3.63) is 64.7 Å². The molecular formula is C21H23ClN2O2. The molecular weight excluding hydrogens is 348 g/mol. The van der Waals surface area contributed by atoms with Gasteiger partial charge in [0.2, 0.25) is 0 Å². The first kappa shape index (κ1) is 18.5. The van der Waals surface area contributed by atoms with E-state index in [1.807, 2.05) is 19.1 Å². The van der Waals surface area contributed by atoms with E-state index in [4.69, 9.17) is 11.6 Å². The predicted octanol–water partition coefficient (Wildman–Crippen LogP) is 4.07. The SMILES string of the molecule is Cc1ccc(Cl)cc1NC(=O)C(=O)N1CCC(Cc2ccccc2)CC1. The van der Waals surface area contributed by atoms with E-state index in [9.17, 15) is 9.59 Å². The lowest BCUT2D eigenvalue weighted by atomic mass is 9.90. The van der Waals surface area contributed by atoms with E-state index in [0.29, 0.717) is 29.7 Å². The number of hydrogen-bond acceptors (Lipinski definition) is 2. The van der Waals surface area contributed by atoms with Gasteiger partial charge < -0.3 is 10.2 Å². The van der Waals surface area contributed by atoms with Gasteiger partial charge in [-0.2, -0.15) is 0 Å². The Bertz CT molecular complexity index is 784. The van der Waals surface area contributed by atoms with Crippen molar-refractivity contribution in [1.29, 1.82) is 0 Å². The van der Waals surface area contributed by atoms with Crippen molar-refractivity contribution in [3.63, 3.8) is 0 Å². The first-order valence-corrected chi connectivity index (χ1v) is 9.31. The molecule has 1 fully saturated rings. The molecule has 1 saturated heterocycles. The average molecular weight is 371 g/mol. The predicted molar refractivity (Wildman–Crippen MR) is 104 cm³/mol. The fourth-order valence-corrected chi connectivity index (χ4v) is 3.51. The van der Waals surface area contributed by atoms with E-state index in [1.165, 1.54) is 5.56 Å². The second-order valence-electron chi connectivity index (χ2n) is 6.84. The maximum atomic E-state index is 12.4. The Morgan fingerprint density at radius 2 is 1.81 bits per heavy atom. The van der Waals surface area contributed by atoms with Gasteiger partial charge in [0, 0.05) is 23.8 Å². The van der Waals surface area contributed by atoms with Gasteiger partial charge in [0.25, 0.3) is 0 Å². The monoisotopic (exact) mass is 370 g/mol. The number of hydrogen-bond donors (Lipinski definition) is 1. The minimum absolute atomic E-state index is 0.470. The molecule has 0 aliphatic carbocycles. The van der Waals surface area contributed by atoms with Crippen LogP contribution in [0.3, 0.4) is 0 Å². The molecule has 1 aliphatic heterocycles. The zero-order valence-corrected chi connectivity index (χ0v) is 15.6. The normalized spacial score (nSPS) is 14.9. The zero-order chi connectivity index (χ0) is 18.5. The summed E-state index contributed by atoms with van der Waals surface area (Å²) < 4.78 is 0. The van der Waals surface area contributed by atoms with E-state index in [-0.39, 0.29) is 0 Å². The number of aryl methyl sites for hydroxylation is 1. The molecule has 0 radical (unpaired) electrons. The summed E-state index contributed by atoms with van der Waals surface area (Å²) in [5.41, 5.74) is 2.78. The largest absolute Gasteiger partial charge is 0.334 e. The van der Waals surface area contributed by atoms with Crippen molar-refractivity contribution in [3.8, 4) is 0 Å². The van der Waals surface area contributed by atoms with Crippen molar-refractivity contribution in [2.75, 3.05) is 18.4 Å². The molecule has 5 heteroatoms. The smallest absolute Gasteiger partial charge is 0.313 e. The molecule has 3 rings (SSSR count). The molecule has 0 aromatic heterocycles. The van der Waals surface area contributed by atoms with Crippen LogP contribution in [0.4, 0.5) is 5.69 Å². The fourth-order valence-electron chi connectivity index (χ4n) is 3.34. The van der Waals surface area contributed by atoms with Gasteiger partial charge in [-0.1, -0.05) is 48.0 Å². The van der Waals surface area contributed by atoms with Gasteiger partial charge in [-0.15, -0.1) is 0 Å². The molecule has 0 spiro atoms. The number of nitrogens with one attached hydrogen (secondary N) is 1. The Hall–Kier alpha value is -2.33. The number of rotatable bonds is 3. The summed E-state index contributed by atoms with van der Waals surface area (Å²) in [6.07, 6.45) is 2.87. The topological polar surface area (TPSA) is 49.4 Å². The van der Waals surface area contributed by atoms with Crippen LogP contribution in [0.15, 0.2) is 48.5 Å². The Labute approximate surface area is 159 Å². The summed E-state index contributed by atoms with van der Waals surface area (Å²) in [6, 6.07) is 15.6. The molecule has 0 bridgehead atoms. The summed E-state index contributed by atoms with van der Waals surface area (Å²) in [4.78, 5) is 26.4. The van der Waals surface area contributed by atoms with Crippen LogP contribution < -0.4 is 5.32 Å². The van der Waals surface area contributed by atoms with Gasteiger partial charge in [-0.25, -0.2) is 0 Å². The Kier molecular flexibility index (Phi) is 5.94. The Morgan fingerprint density at radius 1 is 1.12 bits per heavy atom. The van der Waals surface area contributed by atoms with Crippen molar-refractivity contribution >= 4 is 29.1 Å². The van der Waals surface area contributed by atoms with E-state index < -0.39 is 11.8 Å². The van der Waals surface area contributed by atoms with Crippen molar-refractivity contribution in [2.45, 2.75) is 26.2 Å². The lowest BCUT2D eigenvalue weighted by Crippen LogP contribution is -2.44. The number of piperidine rings is 1. The van der Waals surface area contributed by atoms with Crippen molar-refractivity contribution in [2.24, 2.45) is 5.92 Å². The van der Waals surface area contributed by atoms with Gasteiger partial charge >= 0.3 is 11.8 Å². The number of carbonyl (C=O) groups excluding carboxylic acids is 2. The number of carbonyl (C=O) groups is 2. The molecule has 0 atom stereocenters. The van der Waals surface area contributed by atoms with Crippen LogP contribution in [-0.2, 0) is 16.0 Å². The van der Waals surface area contributed by atoms with E-state index in [2.05, 4.69) is 29.6 Å². The number of likely N-dealkylation sites (tertiary alicyclic amines) is 1. The minimum atomic E-state index is -0.600. The van der Waals surface area contributed by atoms with Crippen LogP contribution in [0.2, 0.25) is 5.02 Å². The third kappa shape index (κ3) is 4.64. The van der Waals surface area contributed by atoms with Crippen molar-refractivity contribution in [1.82, 2.24) is 4.90 Å². The van der Waals surface area contributed by atoms with Crippen LogP contribution in [0.5, 0.6) is 0 Å². The highest BCUT2D eigenvalue weighted by Gasteiger charge is 2.27. The highest BCUT2D eigenvalue weighted by Crippen LogP contribution is 2.23. The van der Waals surface area contributed by atoms with Crippen molar-refractivity contribution < 1.29 is 9.59 Å². The van der Waals surface area contributed by atoms with Gasteiger partial charge in [0.05, 0.1) is 0 Å². The number of nitrogens with zero attached hydrogens (tertiary/aromatic N) is 1. The van der Waals surface area contributed by atoms with Gasteiger partial charge in [-0.3, -0.25) is 9.59 Å². The molecule has 1 heterocycles. The molecule has 136 valence electrons. The third-order valence-electron chi connectivity index (χ3n) is 4.91. The van der Waals surface area contributed by atoms with Gasteiger partial charge in [0.15, 0.2) is 0 Å². The highest BCUT2D eigenvalue weighted by atomic mass is 35.5. The molecule has 1 N–H and O–H groups in total. The van der Waals surface area contributed by atoms with Crippen LogP contribution in [0.1, 0.15) is 24.0 Å². The summed E-state index contributed by atoms with van der Waals surface area (Å²) >= 11 is 5.96. The van der Waals surface area contributed by atoms with Crippen LogP contribution >= 0.6 is 11.6 Å². The quantitative estimate of drug-likeness (QED) is 0.828. The highest BCUT2D eigenvalue weighted by molar-refractivity contribution is 6.39. The molecule has 26 heavy (non-hydrogen) atoms. The van der Waals surface area contributed by atoms with Gasteiger partial charge in [-0.05, 0) is 55.4 Å². The molecule has 4 nitrogen and oxygen atoms in total. The molecule has 0 saturated carbocycles. The second kappa shape index (κ2) is 8.37. The maximum absolute atomic E-state index is 12.4. The number of halogens is 1. The maximum Gasteiger partial charge on any atom is 0.313 e. The summed E-state index contributed by atoms with van der Waals surface area (Å²) in [5, 5.41) is 3.21. The van der Waals surface area contributed by atoms with E-state index >= 15 is 0 Å². The molecule has 2 aromatic carbocycles. The zero-order valence-electron chi connectivity index (χ0n) is 14.9. The molecule has 0 unspecified atom stereocenters. The standard InChI is InChI=1S/C21H23ClN2O2/c1-15-7-8-18(22)14-19(15)23-20(25)21(26)24-11-9-17(10-12-24)13-16-5-3-2-4-6-16/h2-8,14,17H,9-13H2,1H3,(H,23,25). The Balaban J connectivity index is 1.53. The molecule has 2 aromatic rings. The summed E-state index contributed by atoms with van der Waals surface area (Å²) in [7, 11) is 0. The van der Waals surface area contributed by atoms with E-state index in [0.717, 1.165) is 24.8 Å². The van der Waals surface area contributed by atoms with Crippen LogP contribution in [-0.4, -0.2) is 29.8 Å². The average Bonchev–Trinajstić information content (AvgIpc) is 2.65. The second-order valence-corrected chi connectivity index (χ2v) is 7.28. The number of anilines is 1. The number of benzene rings is 2. The molecule has 1 aliphatic rings. The fraction of sp³-hybridized carbons (Fsp3) is 0.333. The van der Waals surface area contributed by atoms with Gasteiger partial charge in [0.1, 0.15) is 0 Å². The lowest BCUT2D eigenvalue weighted by Gasteiger charge is -2.31. The molecule has 2 amide bonds. The summed E-state index contributed by atoms with van der Waals surface area (Å²) in [6.45, 7) is 3.11. The van der Waals surface area contributed by atoms with Crippen LogP contribution in [0.25, 0.3) is 0 Å². The Morgan fingerprint density at radius 3 is 2.50 bits per heavy atom. The first-order chi connectivity index (χ1) is 12.5.